The highest BCUT2D eigenvalue weighted by Crippen LogP contribution is 2.22. The third-order valence-electron chi connectivity index (χ3n) is 3.48. The Kier molecular flexibility index (Phi) is 3.67. The van der Waals surface area contributed by atoms with Crippen LogP contribution in [0.4, 0.5) is 5.95 Å². The molecule has 3 heterocycles. The van der Waals surface area contributed by atoms with E-state index in [0.29, 0.717) is 11.9 Å². The molecule has 2 aromatic heterocycles. The molecule has 0 bridgehead atoms. The van der Waals surface area contributed by atoms with Crippen LogP contribution in [0.3, 0.4) is 0 Å². The maximum Gasteiger partial charge on any atom is 0.220 e. The summed E-state index contributed by atoms with van der Waals surface area (Å²) >= 11 is 1.75. The predicted molar refractivity (Wildman–Crippen MR) is 80.5 cm³/mol. The maximum absolute atomic E-state index is 5.63. The van der Waals surface area contributed by atoms with Gasteiger partial charge in [-0.1, -0.05) is 13.8 Å². The summed E-state index contributed by atoms with van der Waals surface area (Å²) in [6.07, 6.45) is 2.79. The van der Waals surface area contributed by atoms with Gasteiger partial charge in [0.25, 0.3) is 0 Å². The van der Waals surface area contributed by atoms with Crippen molar-refractivity contribution in [3.63, 3.8) is 0 Å². The average Bonchev–Trinajstić information content (AvgIpc) is 2.88. The van der Waals surface area contributed by atoms with Gasteiger partial charge in [-0.15, -0.1) is 11.3 Å². The molecule has 0 atom stereocenters. The molecule has 0 amide bonds. The zero-order valence-electron chi connectivity index (χ0n) is 11.8. The van der Waals surface area contributed by atoms with E-state index in [2.05, 4.69) is 34.1 Å². The monoisotopic (exact) mass is 289 g/mol. The Morgan fingerprint density at radius 3 is 3.00 bits per heavy atom. The van der Waals surface area contributed by atoms with Gasteiger partial charge in [0.05, 0.1) is 16.4 Å². The third-order valence-corrected chi connectivity index (χ3v) is 4.67. The van der Waals surface area contributed by atoms with Crippen LogP contribution in [0.1, 0.15) is 41.7 Å². The number of nitrogen functional groups attached to an aromatic ring is 1. The van der Waals surface area contributed by atoms with Gasteiger partial charge in [-0.3, -0.25) is 4.90 Å². The molecule has 0 aliphatic carbocycles. The largest absolute Gasteiger partial charge is 0.368 e. The van der Waals surface area contributed by atoms with Crippen molar-refractivity contribution in [2.24, 2.45) is 0 Å². The van der Waals surface area contributed by atoms with Gasteiger partial charge in [0.2, 0.25) is 5.95 Å². The van der Waals surface area contributed by atoms with Crippen molar-refractivity contribution in [1.29, 1.82) is 0 Å². The normalized spacial score (nSPS) is 15.6. The minimum atomic E-state index is 0.373. The second kappa shape index (κ2) is 5.46. The predicted octanol–water partition coefficient (Wildman–Crippen LogP) is 2.20. The van der Waals surface area contributed by atoms with E-state index in [9.17, 15) is 0 Å². The summed E-state index contributed by atoms with van der Waals surface area (Å²) in [6.45, 7) is 7.14. The molecule has 6 heteroatoms. The van der Waals surface area contributed by atoms with E-state index in [1.165, 1.54) is 16.3 Å². The first-order valence-corrected chi connectivity index (χ1v) is 7.76. The standard InChI is InChI=1S/C14H19N5S/c1-9(2)13-17-11(8-20-13)7-19-4-3-12-10(6-19)5-16-14(15)18-12/h5,8-9H,3-4,6-7H2,1-2H3,(H2,15,16,18). The van der Waals surface area contributed by atoms with Crippen molar-refractivity contribution in [2.75, 3.05) is 12.3 Å². The van der Waals surface area contributed by atoms with Gasteiger partial charge in [-0.25, -0.2) is 15.0 Å². The minimum Gasteiger partial charge on any atom is -0.368 e. The van der Waals surface area contributed by atoms with Gasteiger partial charge < -0.3 is 5.73 Å². The molecule has 0 fully saturated rings. The van der Waals surface area contributed by atoms with Gasteiger partial charge in [0, 0.05) is 49.1 Å². The molecule has 0 radical (unpaired) electrons. The molecule has 0 unspecified atom stereocenters. The molecule has 106 valence electrons. The summed E-state index contributed by atoms with van der Waals surface area (Å²) in [5.74, 6) is 0.880. The molecule has 2 aromatic rings. The number of aromatic nitrogens is 3. The van der Waals surface area contributed by atoms with Crippen LogP contribution in [0.15, 0.2) is 11.6 Å². The Labute approximate surface area is 122 Å². The summed E-state index contributed by atoms with van der Waals surface area (Å²) in [6, 6.07) is 0. The topological polar surface area (TPSA) is 67.9 Å². The molecule has 5 nitrogen and oxygen atoms in total. The van der Waals surface area contributed by atoms with E-state index in [-0.39, 0.29) is 0 Å². The molecule has 0 saturated heterocycles. The van der Waals surface area contributed by atoms with Crippen molar-refractivity contribution in [1.82, 2.24) is 19.9 Å². The summed E-state index contributed by atoms with van der Waals surface area (Å²) in [5.41, 5.74) is 9.07. The van der Waals surface area contributed by atoms with E-state index in [1.54, 1.807) is 11.3 Å². The van der Waals surface area contributed by atoms with Crippen molar-refractivity contribution in [3.05, 3.63) is 33.5 Å². The minimum absolute atomic E-state index is 0.373. The van der Waals surface area contributed by atoms with Crippen molar-refractivity contribution in [3.8, 4) is 0 Å². The Morgan fingerprint density at radius 2 is 2.25 bits per heavy atom. The van der Waals surface area contributed by atoms with Crippen LogP contribution in [0.2, 0.25) is 0 Å². The number of anilines is 1. The molecular formula is C14H19N5S. The number of nitrogens with zero attached hydrogens (tertiary/aromatic N) is 4. The summed E-state index contributed by atoms with van der Waals surface area (Å²) < 4.78 is 0. The Morgan fingerprint density at radius 1 is 1.40 bits per heavy atom. The van der Waals surface area contributed by atoms with Gasteiger partial charge in [0.15, 0.2) is 0 Å². The van der Waals surface area contributed by atoms with Gasteiger partial charge >= 0.3 is 0 Å². The Bertz CT molecular complexity index is 607. The summed E-state index contributed by atoms with van der Waals surface area (Å²) in [5, 5.41) is 3.39. The molecule has 0 saturated carbocycles. The van der Waals surface area contributed by atoms with Crippen molar-refractivity contribution >= 4 is 17.3 Å². The fourth-order valence-corrected chi connectivity index (χ4v) is 3.24. The molecule has 0 aromatic carbocycles. The zero-order valence-corrected chi connectivity index (χ0v) is 12.7. The van der Waals surface area contributed by atoms with Crippen LogP contribution in [-0.4, -0.2) is 26.4 Å². The number of hydrogen-bond acceptors (Lipinski definition) is 6. The van der Waals surface area contributed by atoms with Crippen LogP contribution < -0.4 is 5.73 Å². The van der Waals surface area contributed by atoms with E-state index in [1.807, 2.05) is 6.20 Å². The van der Waals surface area contributed by atoms with Crippen LogP contribution >= 0.6 is 11.3 Å². The Balaban J connectivity index is 1.69. The average molecular weight is 289 g/mol. The van der Waals surface area contributed by atoms with Crippen molar-refractivity contribution in [2.45, 2.75) is 39.3 Å². The van der Waals surface area contributed by atoms with E-state index in [0.717, 1.165) is 31.7 Å². The molecular weight excluding hydrogens is 270 g/mol. The lowest BCUT2D eigenvalue weighted by molar-refractivity contribution is 0.240. The lowest BCUT2D eigenvalue weighted by Crippen LogP contribution is -2.31. The number of nitrogens with two attached hydrogens (primary N) is 1. The van der Waals surface area contributed by atoms with E-state index >= 15 is 0 Å². The van der Waals surface area contributed by atoms with E-state index < -0.39 is 0 Å². The van der Waals surface area contributed by atoms with Gasteiger partial charge in [0.1, 0.15) is 0 Å². The number of fused-ring (bicyclic) bond motifs is 1. The zero-order chi connectivity index (χ0) is 14.1. The smallest absolute Gasteiger partial charge is 0.220 e. The molecule has 1 aliphatic heterocycles. The fourth-order valence-electron chi connectivity index (χ4n) is 2.41. The summed E-state index contributed by atoms with van der Waals surface area (Å²) in [4.78, 5) is 15.5. The fraction of sp³-hybridized carbons (Fsp3) is 0.500. The highest BCUT2D eigenvalue weighted by molar-refractivity contribution is 7.09. The number of rotatable bonds is 3. The first-order valence-electron chi connectivity index (χ1n) is 6.88. The molecule has 1 aliphatic rings. The van der Waals surface area contributed by atoms with Gasteiger partial charge in [-0.05, 0) is 0 Å². The number of thiazole rings is 1. The lowest BCUT2D eigenvalue weighted by atomic mass is 10.1. The van der Waals surface area contributed by atoms with E-state index in [4.69, 9.17) is 10.7 Å². The van der Waals surface area contributed by atoms with Crippen molar-refractivity contribution < 1.29 is 0 Å². The molecule has 20 heavy (non-hydrogen) atoms. The summed E-state index contributed by atoms with van der Waals surface area (Å²) in [7, 11) is 0. The quantitative estimate of drug-likeness (QED) is 0.938. The number of hydrogen-bond donors (Lipinski definition) is 1. The Hall–Kier alpha value is -1.53. The van der Waals surface area contributed by atoms with Gasteiger partial charge in [-0.2, -0.15) is 0 Å². The second-order valence-corrected chi connectivity index (χ2v) is 6.38. The molecule has 2 N–H and O–H groups in total. The van der Waals surface area contributed by atoms with Crippen LogP contribution in [0.25, 0.3) is 0 Å². The van der Waals surface area contributed by atoms with Crippen LogP contribution in [0.5, 0.6) is 0 Å². The lowest BCUT2D eigenvalue weighted by Gasteiger charge is -2.27. The first kappa shape index (κ1) is 13.5. The first-order chi connectivity index (χ1) is 9.61. The molecule has 0 spiro atoms. The second-order valence-electron chi connectivity index (χ2n) is 5.49. The maximum atomic E-state index is 5.63. The third kappa shape index (κ3) is 2.81. The van der Waals surface area contributed by atoms with Crippen LogP contribution in [0, 0.1) is 0 Å². The molecule has 3 rings (SSSR count). The van der Waals surface area contributed by atoms with Crippen LogP contribution in [-0.2, 0) is 19.5 Å². The highest BCUT2D eigenvalue weighted by Gasteiger charge is 2.19. The SMILES string of the molecule is CC(C)c1nc(CN2CCc3nc(N)ncc3C2)cs1. The highest BCUT2D eigenvalue weighted by atomic mass is 32.1.